The van der Waals surface area contributed by atoms with Crippen molar-refractivity contribution in [2.24, 2.45) is 0 Å². The van der Waals surface area contributed by atoms with E-state index in [0.29, 0.717) is 17.5 Å². The molecule has 9 aromatic carbocycles. The average Bonchev–Trinajstić information content (AvgIpc) is 4.02. The lowest BCUT2D eigenvalue weighted by Gasteiger charge is -2.28. The van der Waals surface area contributed by atoms with E-state index in [-0.39, 0.29) is 0 Å². The van der Waals surface area contributed by atoms with Crippen molar-refractivity contribution in [3.05, 3.63) is 209 Å². The van der Waals surface area contributed by atoms with Crippen LogP contribution in [0.1, 0.15) is 38.9 Å². The molecule has 306 valence electrons. The largest absolute Gasteiger partial charge is 0.456 e. The van der Waals surface area contributed by atoms with Gasteiger partial charge in [-0.05, 0) is 119 Å². The fraction of sp³-hybridized carbons (Fsp3) is 0.0667. The van der Waals surface area contributed by atoms with Crippen LogP contribution >= 0.6 is 0 Å². The maximum atomic E-state index is 10.9. The van der Waals surface area contributed by atoms with Gasteiger partial charge in [0.1, 0.15) is 22.3 Å². The molecule has 3 heterocycles. The van der Waals surface area contributed by atoms with Gasteiger partial charge in [0, 0.05) is 44.5 Å². The van der Waals surface area contributed by atoms with E-state index >= 15 is 0 Å². The van der Waals surface area contributed by atoms with E-state index < -0.39 is 0 Å². The zero-order valence-corrected chi connectivity index (χ0v) is 36.0. The SMILES string of the molecule is Cc1ccccc1-c1ccc2oc3ccccc3c2c1Cc1c(-c2ccccc2C#N)c(C)c(-n2c3ccccc3c3ccc4oc5ccccc5c4c32)c(C)c1-c1ccccc1C#N. The van der Waals surface area contributed by atoms with Crippen LogP contribution < -0.4 is 0 Å². The molecule has 0 aliphatic rings. The van der Waals surface area contributed by atoms with Crippen LogP contribution in [-0.4, -0.2) is 4.57 Å². The molecule has 65 heavy (non-hydrogen) atoms. The number of rotatable bonds is 6. The van der Waals surface area contributed by atoms with E-state index in [0.717, 1.165) is 133 Å². The Morgan fingerprint density at radius 1 is 0.431 bits per heavy atom. The lowest BCUT2D eigenvalue weighted by Crippen LogP contribution is -2.10. The minimum absolute atomic E-state index is 0.473. The summed E-state index contributed by atoms with van der Waals surface area (Å²) < 4.78 is 15.6. The molecule has 5 nitrogen and oxygen atoms in total. The van der Waals surface area contributed by atoms with Crippen LogP contribution in [-0.2, 0) is 6.42 Å². The molecular formula is C60H39N3O2. The van der Waals surface area contributed by atoms with Crippen LogP contribution in [0.4, 0.5) is 0 Å². The molecule has 0 N–H and O–H groups in total. The van der Waals surface area contributed by atoms with Gasteiger partial charge in [0.25, 0.3) is 0 Å². The molecule has 0 saturated heterocycles. The number of fused-ring (bicyclic) bond motifs is 10. The van der Waals surface area contributed by atoms with Crippen molar-refractivity contribution in [3.63, 3.8) is 0 Å². The average molecular weight is 834 g/mol. The molecule has 12 rings (SSSR count). The van der Waals surface area contributed by atoms with Crippen LogP contribution in [0.25, 0.3) is 105 Å². The summed E-state index contributed by atoms with van der Waals surface area (Å²) in [6.45, 7) is 6.58. The zero-order chi connectivity index (χ0) is 43.9. The Morgan fingerprint density at radius 2 is 0.938 bits per heavy atom. The first-order chi connectivity index (χ1) is 31.9. The number of hydrogen-bond acceptors (Lipinski definition) is 4. The number of aryl methyl sites for hydroxylation is 1. The van der Waals surface area contributed by atoms with Gasteiger partial charge in [0.2, 0.25) is 0 Å². The van der Waals surface area contributed by atoms with Crippen molar-refractivity contribution >= 4 is 65.7 Å². The van der Waals surface area contributed by atoms with Crippen molar-refractivity contribution in [2.45, 2.75) is 27.2 Å². The van der Waals surface area contributed by atoms with Crippen molar-refractivity contribution < 1.29 is 8.83 Å². The summed E-state index contributed by atoms with van der Waals surface area (Å²) in [6, 6.07) is 63.2. The number of furan rings is 2. The number of hydrogen-bond donors (Lipinski definition) is 0. The molecule has 0 aliphatic carbocycles. The predicted molar refractivity (Wildman–Crippen MR) is 265 cm³/mol. The van der Waals surface area contributed by atoms with E-state index in [4.69, 9.17) is 8.83 Å². The standard InChI is InChI=1S/C60H39N3O2/c1-35-16-4-7-19-40(35)43-28-30-53-57(46-23-11-14-26-51(46)64-53)48(43)32-49-55(41-20-8-5-17-38(41)33-61)36(2)59(37(3)56(49)42-21-9-6-18-39(42)34-62)63-50-25-13-10-22-44(50)45-29-31-54-58(60(45)63)47-24-12-15-27-52(47)65-54/h4-31H,32H2,1-3H3. The fourth-order valence-corrected chi connectivity index (χ4v) is 10.8. The number of benzene rings is 9. The Morgan fingerprint density at radius 3 is 1.57 bits per heavy atom. The van der Waals surface area contributed by atoms with E-state index in [2.05, 4.69) is 147 Å². The molecule has 0 amide bonds. The number of aromatic nitrogens is 1. The molecule has 0 saturated carbocycles. The Hall–Kier alpha value is -8.64. The number of nitrogens with zero attached hydrogens (tertiary/aromatic N) is 3. The third kappa shape index (κ3) is 5.63. The van der Waals surface area contributed by atoms with Crippen LogP contribution in [0.15, 0.2) is 179 Å². The molecule has 0 atom stereocenters. The summed E-state index contributed by atoms with van der Waals surface area (Å²) in [5, 5.41) is 28.3. The van der Waals surface area contributed by atoms with Gasteiger partial charge in [-0.2, -0.15) is 10.5 Å². The van der Waals surface area contributed by atoms with Gasteiger partial charge in [-0.3, -0.25) is 0 Å². The molecular weight excluding hydrogens is 795 g/mol. The second kappa shape index (κ2) is 14.7. The lowest BCUT2D eigenvalue weighted by atomic mass is 9.78. The Kier molecular flexibility index (Phi) is 8.63. The Bertz CT molecular complexity index is 3970. The quantitative estimate of drug-likeness (QED) is 0.167. The Balaban J connectivity index is 1.30. The van der Waals surface area contributed by atoms with Gasteiger partial charge >= 0.3 is 0 Å². The van der Waals surface area contributed by atoms with E-state index in [1.165, 1.54) is 0 Å². The van der Waals surface area contributed by atoms with Gasteiger partial charge in [0.15, 0.2) is 0 Å². The second-order valence-corrected chi connectivity index (χ2v) is 17.0. The molecule has 0 radical (unpaired) electrons. The maximum absolute atomic E-state index is 10.9. The van der Waals surface area contributed by atoms with E-state index in [1.54, 1.807) is 0 Å². The minimum Gasteiger partial charge on any atom is -0.456 e. The Labute approximate surface area is 375 Å². The second-order valence-electron chi connectivity index (χ2n) is 17.0. The molecule has 12 aromatic rings. The monoisotopic (exact) mass is 833 g/mol. The molecule has 0 spiro atoms. The molecule has 0 aliphatic heterocycles. The van der Waals surface area contributed by atoms with Crippen LogP contribution in [0.5, 0.6) is 0 Å². The topological polar surface area (TPSA) is 78.8 Å². The van der Waals surface area contributed by atoms with Crippen LogP contribution in [0.3, 0.4) is 0 Å². The van der Waals surface area contributed by atoms with Crippen molar-refractivity contribution in [3.8, 4) is 51.2 Å². The smallest absolute Gasteiger partial charge is 0.137 e. The first-order valence-corrected chi connectivity index (χ1v) is 21.9. The van der Waals surface area contributed by atoms with Gasteiger partial charge in [-0.1, -0.05) is 121 Å². The highest BCUT2D eigenvalue weighted by molar-refractivity contribution is 6.24. The summed E-state index contributed by atoms with van der Waals surface area (Å²) in [4.78, 5) is 0. The maximum Gasteiger partial charge on any atom is 0.137 e. The van der Waals surface area contributed by atoms with Gasteiger partial charge in [-0.25, -0.2) is 0 Å². The highest BCUT2D eigenvalue weighted by Crippen LogP contribution is 2.50. The van der Waals surface area contributed by atoms with Crippen LogP contribution in [0.2, 0.25) is 0 Å². The van der Waals surface area contributed by atoms with Crippen LogP contribution in [0, 0.1) is 43.4 Å². The van der Waals surface area contributed by atoms with Gasteiger partial charge < -0.3 is 13.4 Å². The summed E-state index contributed by atoms with van der Waals surface area (Å²) in [6.07, 6.45) is 0.473. The lowest BCUT2D eigenvalue weighted by molar-refractivity contribution is 0.668. The third-order valence-corrected chi connectivity index (χ3v) is 13.5. The van der Waals surface area contributed by atoms with Gasteiger partial charge in [0.05, 0.1) is 45.4 Å². The molecule has 0 fully saturated rings. The van der Waals surface area contributed by atoms with Crippen molar-refractivity contribution in [1.29, 1.82) is 10.5 Å². The molecule has 0 unspecified atom stereocenters. The predicted octanol–water partition coefficient (Wildman–Crippen LogP) is 15.8. The summed E-state index contributed by atoms with van der Waals surface area (Å²) >= 11 is 0. The third-order valence-electron chi connectivity index (χ3n) is 13.5. The minimum atomic E-state index is 0.473. The number of nitriles is 2. The summed E-state index contributed by atoms with van der Waals surface area (Å²) in [7, 11) is 0. The zero-order valence-electron chi connectivity index (χ0n) is 36.0. The summed E-state index contributed by atoms with van der Waals surface area (Å²) in [5.74, 6) is 0. The van der Waals surface area contributed by atoms with Crippen molar-refractivity contribution in [2.75, 3.05) is 0 Å². The first kappa shape index (κ1) is 38.1. The first-order valence-electron chi connectivity index (χ1n) is 21.9. The normalized spacial score (nSPS) is 11.6. The van der Waals surface area contributed by atoms with E-state index in [9.17, 15) is 10.5 Å². The number of para-hydroxylation sites is 3. The van der Waals surface area contributed by atoms with E-state index in [1.807, 2.05) is 60.7 Å². The van der Waals surface area contributed by atoms with Crippen molar-refractivity contribution in [1.82, 2.24) is 4.57 Å². The molecule has 5 heteroatoms. The van der Waals surface area contributed by atoms with Gasteiger partial charge in [-0.15, -0.1) is 0 Å². The highest BCUT2D eigenvalue weighted by Gasteiger charge is 2.30. The molecule has 3 aromatic heterocycles. The summed E-state index contributed by atoms with van der Waals surface area (Å²) in [5.41, 5.74) is 18.7. The molecule has 0 bridgehead atoms. The fourth-order valence-electron chi connectivity index (χ4n) is 10.8. The highest BCUT2D eigenvalue weighted by atomic mass is 16.3.